The van der Waals surface area contributed by atoms with E-state index >= 15 is 0 Å². The largest absolute Gasteiger partial charge is 0.497 e. The van der Waals surface area contributed by atoms with Gasteiger partial charge in [-0.05, 0) is 55.8 Å². The van der Waals surface area contributed by atoms with E-state index in [1.165, 1.54) is 0 Å². The zero-order valence-electron chi connectivity index (χ0n) is 17.4. The fourth-order valence-electron chi connectivity index (χ4n) is 3.60. The molecule has 0 saturated carbocycles. The van der Waals surface area contributed by atoms with E-state index in [1.54, 1.807) is 13.2 Å². The number of fused-ring (bicyclic) bond motifs is 1. The van der Waals surface area contributed by atoms with Crippen LogP contribution in [0.2, 0.25) is 0 Å². The highest BCUT2D eigenvalue weighted by Gasteiger charge is 2.09. The smallest absolute Gasteiger partial charge is 0.140 e. The van der Waals surface area contributed by atoms with E-state index in [-0.39, 0.29) is 0 Å². The van der Waals surface area contributed by atoms with Gasteiger partial charge in [-0.1, -0.05) is 0 Å². The number of rotatable bonds is 8. The molecule has 1 fully saturated rings. The summed E-state index contributed by atoms with van der Waals surface area (Å²) in [6.07, 6.45) is 2.16. The van der Waals surface area contributed by atoms with E-state index < -0.39 is 0 Å². The van der Waals surface area contributed by atoms with E-state index in [1.807, 2.05) is 42.5 Å². The maximum absolute atomic E-state index is 8.29. The van der Waals surface area contributed by atoms with Crippen molar-refractivity contribution in [1.82, 2.24) is 4.90 Å². The Morgan fingerprint density at radius 3 is 2.50 bits per heavy atom. The minimum atomic E-state index is 0.425. The molecular weight excluding hydrogens is 380 g/mol. The van der Waals surface area contributed by atoms with Crippen molar-refractivity contribution in [1.29, 1.82) is 5.41 Å². The molecule has 0 spiro atoms. The van der Waals surface area contributed by atoms with Gasteiger partial charge in [-0.25, -0.2) is 0 Å². The Kier molecular flexibility index (Phi) is 6.67. The third-order valence-electron chi connectivity index (χ3n) is 5.35. The Bertz CT molecular complexity index is 1020. The molecule has 30 heavy (non-hydrogen) atoms. The van der Waals surface area contributed by atoms with Gasteiger partial charge in [0.1, 0.15) is 22.8 Å². The molecule has 1 aliphatic heterocycles. The first-order valence-corrected chi connectivity index (χ1v) is 10.4. The lowest BCUT2D eigenvalue weighted by Crippen LogP contribution is -2.36. The molecule has 0 radical (unpaired) electrons. The molecule has 0 amide bonds. The zero-order valence-corrected chi connectivity index (χ0v) is 17.4. The monoisotopic (exact) mass is 408 g/mol. The zero-order chi connectivity index (χ0) is 20.8. The summed E-state index contributed by atoms with van der Waals surface area (Å²) in [5.74, 6) is 2.21. The topological polar surface area (TPSA) is 67.9 Å². The van der Waals surface area contributed by atoms with Crippen molar-refractivity contribution >= 4 is 11.0 Å². The molecule has 6 heteroatoms. The first-order valence-electron chi connectivity index (χ1n) is 10.4. The van der Waals surface area contributed by atoms with Gasteiger partial charge in [0.2, 0.25) is 0 Å². The Balaban J connectivity index is 1.34. The number of methoxy groups -OCH3 is 1. The third kappa shape index (κ3) is 5.01. The molecule has 0 bridgehead atoms. The lowest BCUT2D eigenvalue weighted by molar-refractivity contribution is 0.0368. The summed E-state index contributed by atoms with van der Waals surface area (Å²) in [6, 6.07) is 15.1. The minimum Gasteiger partial charge on any atom is -0.497 e. The van der Waals surface area contributed by atoms with Crippen LogP contribution in [0.4, 0.5) is 0 Å². The maximum atomic E-state index is 8.29. The molecule has 0 aliphatic carbocycles. The lowest BCUT2D eigenvalue weighted by Gasteiger charge is -2.26. The number of ether oxygens (including phenoxy) is 3. The highest BCUT2D eigenvalue weighted by Crippen LogP contribution is 2.26. The molecule has 0 atom stereocenters. The van der Waals surface area contributed by atoms with Crippen molar-refractivity contribution in [2.24, 2.45) is 0 Å². The van der Waals surface area contributed by atoms with Gasteiger partial charge in [-0.2, -0.15) is 0 Å². The molecule has 1 aliphatic rings. The summed E-state index contributed by atoms with van der Waals surface area (Å²) >= 11 is 0. The van der Waals surface area contributed by atoms with Crippen LogP contribution < -0.4 is 14.8 Å². The number of nitrogens with one attached hydrogen (secondary N) is 1. The summed E-state index contributed by atoms with van der Waals surface area (Å²) in [5.41, 5.74) is 1.55. The second kappa shape index (κ2) is 9.78. The SMILES string of the molecule is COc1ccc2c(=N)cc(-c3ccc(OCCCCN4CCOCC4)cc3)oc2c1. The van der Waals surface area contributed by atoms with Crippen LogP contribution in [-0.4, -0.2) is 51.5 Å². The number of nitrogens with zero attached hydrogens (tertiary/aromatic N) is 1. The molecule has 4 rings (SSSR count). The van der Waals surface area contributed by atoms with Gasteiger partial charge in [0, 0.05) is 36.2 Å². The van der Waals surface area contributed by atoms with E-state index in [4.69, 9.17) is 24.0 Å². The summed E-state index contributed by atoms with van der Waals surface area (Å²) in [4.78, 5) is 2.45. The molecule has 1 saturated heterocycles. The number of unbranched alkanes of at least 4 members (excludes halogenated alkanes) is 1. The van der Waals surface area contributed by atoms with Gasteiger partial charge in [-0.15, -0.1) is 0 Å². The molecular formula is C24H28N2O4. The highest BCUT2D eigenvalue weighted by molar-refractivity contribution is 5.79. The summed E-state index contributed by atoms with van der Waals surface area (Å²) < 4.78 is 22.6. The summed E-state index contributed by atoms with van der Waals surface area (Å²) in [5, 5.41) is 9.48. The number of hydrogen-bond acceptors (Lipinski definition) is 6. The van der Waals surface area contributed by atoms with Crippen molar-refractivity contribution in [2.75, 3.05) is 46.6 Å². The molecule has 158 valence electrons. The molecule has 2 aromatic carbocycles. The van der Waals surface area contributed by atoms with Gasteiger partial charge in [0.25, 0.3) is 0 Å². The number of benzene rings is 2. The predicted molar refractivity (Wildman–Crippen MR) is 116 cm³/mol. The van der Waals surface area contributed by atoms with Gasteiger partial charge in [0.15, 0.2) is 0 Å². The third-order valence-corrected chi connectivity index (χ3v) is 5.35. The van der Waals surface area contributed by atoms with Crippen LogP contribution in [-0.2, 0) is 4.74 Å². The first-order chi connectivity index (χ1) is 14.7. The predicted octanol–water partition coefficient (Wildman–Crippen LogP) is 4.08. The summed E-state index contributed by atoms with van der Waals surface area (Å²) in [7, 11) is 1.62. The fourth-order valence-corrected chi connectivity index (χ4v) is 3.60. The molecule has 6 nitrogen and oxygen atoms in total. The van der Waals surface area contributed by atoms with E-state index in [0.717, 1.165) is 62.4 Å². The van der Waals surface area contributed by atoms with Crippen molar-refractivity contribution in [3.63, 3.8) is 0 Å². The van der Waals surface area contributed by atoms with Crippen LogP contribution in [0.25, 0.3) is 22.3 Å². The van der Waals surface area contributed by atoms with E-state index in [2.05, 4.69) is 4.90 Å². The second-order valence-corrected chi connectivity index (χ2v) is 7.42. The van der Waals surface area contributed by atoms with E-state index in [9.17, 15) is 0 Å². The van der Waals surface area contributed by atoms with Crippen molar-refractivity contribution < 1.29 is 18.6 Å². The quantitative estimate of drug-likeness (QED) is 0.569. The van der Waals surface area contributed by atoms with Crippen molar-refractivity contribution in [2.45, 2.75) is 12.8 Å². The standard InChI is InChI=1S/C24H28N2O4/c1-27-20-8-9-21-22(25)17-23(30-24(21)16-20)18-4-6-19(7-5-18)29-13-3-2-10-26-11-14-28-15-12-26/h4-9,16-17,25H,2-3,10-15H2,1H3. The Morgan fingerprint density at radius 1 is 0.967 bits per heavy atom. The molecule has 2 heterocycles. The summed E-state index contributed by atoms with van der Waals surface area (Å²) in [6.45, 7) is 5.59. The Labute approximate surface area is 176 Å². The van der Waals surface area contributed by atoms with Crippen molar-refractivity contribution in [3.8, 4) is 22.8 Å². The Morgan fingerprint density at radius 2 is 1.73 bits per heavy atom. The number of morpholine rings is 1. The molecule has 0 unspecified atom stereocenters. The lowest BCUT2D eigenvalue weighted by atomic mass is 10.1. The second-order valence-electron chi connectivity index (χ2n) is 7.42. The van der Waals surface area contributed by atoms with Crippen molar-refractivity contribution in [3.05, 3.63) is 53.9 Å². The van der Waals surface area contributed by atoms with Gasteiger partial charge < -0.3 is 18.6 Å². The minimum absolute atomic E-state index is 0.425. The maximum Gasteiger partial charge on any atom is 0.140 e. The van der Waals surface area contributed by atoms with Crippen LogP contribution in [0, 0.1) is 5.41 Å². The van der Waals surface area contributed by atoms with E-state index in [0.29, 0.717) is 29.1 Å². The van der Waals surface area contributed by atoms with Crippen LogP contribution in [0.5, 0.6) is 11.5 Å². The fraction of sp³-hybridized carbons (Fsp3) is 0.375. The highest BCUT2D eigenvalue weighted by atomic mass is 16.5. The molecule has 1 N–H and O–H groups in total. The average Bonchev–Trinajstić information content (AvgIpc) is 2.79. The van der Waals surface area contributed by atoms with Gasteiger partial charge in [0.05, 0.1) is 32.3 Å². The normalized spacial score (nSPS) is 14.7. The van der Waals surface area contributed by atoms with Gasteiger partial charge >= 0.3 is 0 Å². The van der Waals surface area contributed by atoms with Crippen LogP contribution in [0.3, 0.4) is 0 Å². The Hall–Kier alpha value is -2.83. The van der Waals surface area contributed by atoms with Gasteiger partial charge in [-0.3, -0.25) is 10.3 Å². The first kappa shape index (κ1) is 20.4. The molecule has 3 aromatic rings. The molecule has 1 aromatic heterocycles. The van der Waals surface area contributed by atoms with Crippen LogP contribution >= 0.6 is 0 Å². The van der Waals surface area contributed by atoms with Crippen LogP contribution in [0.1, 0.15) is 12.8 Å². The number of hydrogen-bond donors (Lipinski definition) is 1. The average molecular weight is 408 g/mol. The van der Waals surface area contributed by atoms with Crippen LogP contribution in [0.15, 0.2) is 52.9 Å².